The second-order valence-corrected chi connectivity index (χ2v) is 5.26. The maximum atomic E-state index is 11.5. The molecule has 2 atom stereocenters. The molecule has 1 aliphatic rings. The predicted molar refractivity (Wildman–Crippen MR) is 65.2 cm³/mol. The van der Waals surface area contributed by atoms with Crippen molar-refractivity contribution in [3.8, 4) is 0 Å². The lowest BCUT2D eigenvalue weighted by molar-refractivity contribution is -0.146. The Hall–Kier alpha value is -1.20. The lowest BCUT2D eigenvalue weighted by Crippen LogP contribution is -2.35. The van der Waals surface area contributed by atoms with Crippen molar-refractivity contribution in [3.05, 3.63) is 21.9 Å². The van der Waals surface area contributed by atoms with Crippen molar-refractivity contribution in [1.29, 1.82) is 0 Å². The number of carbonyl (C=O) groups excluding carboxylic acids is 2. The van der Waals surface area contributed by atoms with Crippen molar-refractivity contribution in [2.24, 2.45) is 5.92 Å². The van der Waals surface area contributed by atoms with E-state index in [9.17, 15) is 9.59 Å². The molecule has 5 heteroatoms. The summed E-state index contributed by atoms with van der Waals surface area (Å²) >= 11 is 1.48. The van der Waals surface area contributed by atoms with Gasteiger partial charge in [-0.3, -0.25) is 9.59 Å². The smallest absolute Gasteiger partial charge is 0.308 e. The number of esters is 1. The highest BCUT2D eigenvalue weighted by Gasteiger charge is 2.29. The average Bonchev–Trinajstić information content (AvgIpc) is 2.86. The number of rotatable bonds is 3. The predicted octanol–water partition coefficient (Wildman–Crippen LogP) is 1.77. The summed E-state index contributed by atoms with van der Waals surface area (Å²) in [5.41, 5.74) is 0. The minimum atomic E-state index is -0.135. The van der Waals surface area contributed by atoms with E-state index >= 15 is 0 Å². The Morgan fingerprint density at radius 3 is 3.06 bits per heavy atom. The Morgan fingerprint density at radius 2 is 2.41 bits per heavy atom. The third kappa shape index (κ3) is 2.73. The van der Waals surface area contributed by atoms with E-state index in [1.54, 1.807) is 0 Å². The van der Waals surface area contributed by atoms with Gasteiger partial charge in [0.25, 0.3) is 0 Å². The van der Waals surface area contributed by atoms with E-state index in [0.717, 1.165) is 35.4 Å². The topological polar surface area (TPSA) is 55.4 Å². The van der Waals surface area contributed by atoms with Crippen molar-refractivity contribution in [3.63, 3.8) is 0 Å². The van der Waals surface area contributed by atoms with Gasteiger partial charge in [-0.1, -0.05) is 0 Å². The standard InChI is InChI=1S/C12H15NO3S/c1-16-12(15)8-4-5-13-10(6-8)11-3-2-9(7-14)17-11/h2-3,7-8,10,13H,4-6H2,1H3. The molecule has 1 saturated heterocycles. The second kappa shape index (κ2) is 5.42. The van der Waals surface area contributed by atoms with Crippen LogP contribution in [0.3, 0.4) is 0 Å². The summed E-state index contributed by atoms with van der Waals surface area (Å²) in [6.45, 7) is 0.804. The molecule has 2 rings (SSSR count). The van der Waals surface area contributed by atoms with Crippen molar-refractivity contribution < 1.29 is 14.3 Å². The minimum Gasteiger partial charge on any atom is -0.469 e. The van der Waals surface area contributed by atoms with E-state index in [-0.39, 0.29) is 17.9 Å². The van der Waals surface area contributed by atoms with Gasteiger partial charge in [0, 0.05) is 10.9 Å². The van der Waals surface area contributed by atoms with Crippen LogP contribution < -0.4 is 5.32 Å². The fourth-order valence-electron chi connectivity index (χ4n) is 2.13. The summed E-state index contributed by atoms with van der Waals surface area (Å²) in [5, 5.41) is 3.37. The molecule has 17 heavy (non-hydrogen) atoms. The number of methoxy groups -OCH3 is 1. The third-order valence-electron chi connectivity index (χ3n) is 3.05. The molecule has 0 bridgehead atoms. The van der Waals surface area contributed by atoms with E-state index in [1.165, 1.54) is 18.4 Å². The summed E-state index contributed by atoms with van der Waals surface area (Å²) < 4.78 is 4.78. The molecular formula is C12H15NO3S. The van der Waals surface area contributed by atoms with Gasteiger partial charge >= 0.3 is 5.97 Å². The van der Waals surface area contributed by atoms with Gasteiger partial charge in [0.1, 0.15) is 0 Å². The molecule has 0 saturated carbocycles. The van der Waals surface area contributed by atoms with Crippen molar-refractivity contribution in [2.45, 2.75) is 18.9 Å². The van der Waals surface area contributed by atoms with E-state index < -0.39 is 0 Å². The number of piperidine rings is 1. The van der Waals surface area contributed by atoms with Crippen LogP contribution >= 0.6 is 11.3 Å². The Labute approximate surface area is 104 Å². The summed E-state index contributed by atoms with van der Waals surface area (Å²) in [7, 11) is 1.43. The molecule has 1 aromatic rings. The van der Waals surface area contributed by atoms with Gasteiger partial charge in [-0.2, -0.15) is 0 Å². The summed E-state index contributed by atoms with van der Waals surface area (Å²) in [5.74, 6) is -0.170. The first-order valence-electron chi connectivity index (χ1n) is 5.60. The van der Waals surface area contributed by atoms with Crippen LogP contribution in [0, 0.1) is 5.92 Å². The summed E-state index contributed by atoms with van der Waals surface area (Å²) in [6.07, 6.45) is 2.41. The normalized spacial score (nSPS) is 24.3. The summed E-state index contributed by atoms with van der Waals surface area (Å²) in [6, 6.07) is 3.92. The maximum absolute atomic E-state index is 11.5. The van der Waals surface area contributed by atoms with Crippen LogP contribution in [0.5, 0.6) is 0 Å². The van der Waals surface area contributed by atoms with Gasteiger partial charge in [-0.15, -0.1) is 11.3 Å². The molecule has 0 spiro atoms. The van der Waals surface area contributed by atoms with Crippen molar-refractivity contribution in [2.75, 3.05) is 13.7 Å². The molecule has 1 aromatic heterocycles. The van der Waals surface area contributed by atoms with Crippen molar-refractivity contribution in [1.82, 2.24) is 5.32 Å². The average molecular weight is 253 g/mol. The molecule has 0 radical (unpaired) electrons. The van der Waals surface area contributed by atoms with Crippen LogP contribution in [-0.2, 0) is 9.53 Å². The first-order chi connectivity index (χ1) is 8.24. The maximum Gasteiger partial charge on any atom is 0.308 e. The molecular weight excluding hydrogens is 238 g/mol. The first-order valence-corrected chi connectivity index (χ1v) is 6.42. The van der Waals surface area contributed by atoms with Crippen LogP contribution in [0.4, 0.5) is 0 Å². The SMILES string of the molecule is COC(=O)C1CCNC(c2ccc(C=O)s2)C1. The van der Waals surface area contributed by atoms with Crippen LogP contribution in [-0.4, -0.2) is 25.9 Å². The van der Waals surface area contributed by atoms with E-state index in [2.05, 4.69) is 5.32 Å². The van der Waals surface area contributed by atoms with Gasteiger partial charge in [-0.25, -0.2) is 0 Å². The fourth-order valence-corrected chi connectivity index (χ4v) is 3.05. The van der Waals surface area contributed by atoms with Gasteiger partial charge in [-0.05, 0) is 31.5 Å². The zero-order valence-electron chi connectivity index (χ0n) is 9.64. The minimum absolute atomic E-state index is 0.0342. The van der Waals surface area contributed by atoms with E-state index in [0.29, 0.717) is 0 Å². The van der Waals surface area contributed by atoms with Gasteiger partial charge in [0.2, 0.25) is 0 Å². The lowest BCUT2D eigenvalue weighted by atomic mass is 9.92. The fraction of sp³-hybridized carbons (Fsp3) is 0.500. The molecule has 0 amide bonds. The highest BCUT2D eigenvalue weighted by molar-refractivity contribution is 7.13. The number of nitrogens with one attached hydrogen (secondary N) is 1. The highest BCUT2D eigenvalue weighted by atomic mass is 32.1. The zero-order chi connectivity index (χ0) is 12.3. The molecule has 0 aliphatic carbocycles. The number of thiophene rings is 1. The summed E-state index contributed by atoms with van der Waals surface area (Å²) in [4.78, 5) is 24.0. The Kier molecular flexibility index (Phi) is 3.91. The molecule has 2 heterocycles. The molecule has 1 aliphatic heterocycles. The number of hydrogen-bond donors (Lipinski definition) is 1. The number of hydrogen-bond acceptors (Lipinski definition) is 5. The van der Waals surface area contributed by atoms with Gasteiger partial charge in [0.15, 0.2) is 6.29 Å². The van der Waals surface area contributed by atoms with Crippen molar-refractivity contribution >= 4 is 23.6 Å². The van der Waals surface area contributed by atoms with Gasteiger partial charge in [0.05, 0.1) is 17.9 Å². The largest absolute Gasteiger partial charge is 0.469 e. The Morgan fingerprint density at radius 1 is 1.59 bits per heavy atom. The number of carbonyl (C=O) groups is 2. The van der Waals surface area contributed by atoms with Crippen LogP contribution in [0.1, 0.15) is 33.4 Å². The van der Waals surface area contributed by atoms with Gasteiger partial charge < -0.3 is 10.1 Å². The second-order valence-electron chi connectivity index (χ2n) is 4.11. The monoisotopic (exact) mass is 253 g/mol. The quantitative estimate of drug-likeness (QED) is 0.659. The van der Waals surface area contributed by atoms with Crippen LogP contribution in [0.25, 0.3) is 0 Å². The van der Waals surface area contributed by atoms with E-state index in [4.69, 9.17) is 4.74 Å². The molecule has 1 fully saturated rings. The third-order valence-corrected chi connectivity index (χ3v) is 4.17. The Bertz CT molecular complexity index is 416. The molecule has 4 nitrogen and oxygen atoms in total. The Balaban J connectivity index is 2.06. The van der Waals surface area contributed by atoms with Crippen LogP contribution in [0.2, 0.25) is 0 Å². The van der Waals surface area contributed by atoms with E-state index in [1.807, 2.05) is 12.1 Å². The zero-order valence-corrected chi connectivity index (χ0v) is 10.5. The lowest BCUT2D eigenvalue weighted by Gasteiger charge is -2.28. The van der Waals surface area contributed by atoms with Crippen LogP contribution in [0.15, 0.2) is 12.1 Å². The molecule has 92 valence electrons. The molecule has 0 aromatic carbocycles. The number of ether oxygens (including phenoxy) is 1. The number of aldehydes is 1. The molecule has 1 N–H and O–H groups in total. The molecule has 2 unspecified atom stereocenters. The first kappa shape index (κ1) is 12.3. The highest BCUT2D eigenvalue weighted by Crippen LogP contribution is 2.31.